The molecule has 2 aliphatic carbocycles. The van der Waals surface area contributed by atoms with E-state index in [-0.39, 0.29) is 28.4 Å². The first-order valence-corrected chi connectivity index (χ1v) is 8.97. The first kappa shape index (κ1) is 16.8. The second kappa shape index (κ2) is 5.47. The van der Waals surface area contributed by atoms with Gasteiger partial charge in [0, 0.05) is 17.8 Å². The number of aryl methyl sites for hydroxylation is 1. The molecule has 0 spiro atoms. The monoisotopic (exact) mass is 318 g/mol. The van der Waals surface area contributed by atoms with E-state index in [9.17, 15) is 9.90 Å². The average Bonchev–Trinajstić information content (AvgIpc) is 2.99. The van der Waals surface area contributed by atoms with E-state index in [1.54, 1.807) is 12.5 Å². The number of Topliss-reactive ketones (excluding diaryl/α,β-unsaturated/α-hetero) is 1. The zero-order valence-electron chi connectivity index (χ0n) is 14.9. The van der Waals surface area contributed by atoms with Crippen LogP contribution in [0, 0.1) is 22.7 Å². The van der Waals surface area contributed by atoms with E-state index in [1.807, 2.05) is 13.0 Å². The van der Waals surface area contributed by atoms with Crippen molar-refractivity contribution in [3.63, 3.8) is 0 Å². The van der Waals surface area contributed by atoms with Crippen molar-refractivity contribution in [3.05, 3.63) is 24.2 Å². The number of hydrogen-bond donors (Lipinski definition) is 1. The summed E-state index contributed by atoms with van der Waals surface area (Å²) >= 11 is 0. The van der Waals surface area contributed by atoms with Crippen LogP contribution in [-0.2, 0) is 11.2 Å². The fraction of sp³-hybridized carbons (Fsp3) is 0.750. The second-order valence-electron chi connectivity index (χ2n) is 8.76. The summed E-state index contributed by atoms with van der Waals surface area (Å²) in [5, 5.41) is 11.7. The Hall–Kier alpha value is -1.09. The molecule has 1 heterocycles. The van der Waals surface area contributed by atoms with Gasteiger partial charge in [0.15, 0.2) is 0 Å². The smallest absolute Gasteiger partial charge is 0.138 e. The number of hydrogen-bond acceptors (Lipinski definition) is 3. The van der Waals surface area contributed by atoms with Crippen molar-refractivity contribution in [1.29, 1.82) is 0 Å². The van der Waals surface area contributed by atoms with Crippen LogP contribution >= 0.6 is 0 Å². The summed E-state index contributed by atoms with van der Waals surface area (Å²) in [5.41, 5.74) is 0.0964. The molecule has 0 aromatic carbocycles. The summed E-state index contributed by atoms with van der Waals surface area (Å²) in [6.07, 6.45) is 8.71. The molecule has 1 aromatic heterocycles. The van der Waals surface area contributed by atoms with E-state index >= 15 is 0 Å². The molecular formula is C20H30O3. The van der Waals surface area contributed by atoms with Crippen LogP contribution in [0.1, 0.15) is 65.4 Å². The van der Waals surface area contributed by atoms with Crippen molar-refractivity contribution in [2.75, 3.05) is 0 Å². The molecule has 1 aromatic rings. The summed E-state index contributed by atoms with van der Waals surface area (Å²) < 4.78 is 5.15. The molecule has 23 heavy (non-hydrogen) atoms. The maximum atomic E-state index is 12.7. The Bertz CT molecular complexity index is 574. The topological polar surface area (TPSA) is 50.4 Å². The van der Waals surface area contributed by atoms with E-state index in [2.05, 4.69) is 20.8 Å². The highest BCUT2D eigenvalue weighted by Gasteiger charge is 2.63. The molecule has 0 radical (unpaired) electrons. The van der Waals surface area contributed by atoms with Gasteiger partial charge in [0.2, 0.25) is 0 Å². The van der Waals surface area contributed by atoms with Crippen molar-refractivity contribution in [1.82, 2.24) is 0 Å². The minimum atomic E-state index is -0.929. The Balaban J connectivity index is 1.95. The first-order valence-electron chi connectivity index (χ1n) is 8.97. The second-order valence-corrected chi connectivity index (χ2v) is 8.76. The molecule has 1 N–H and O–H groups in total. The van der Waals surface area contributed by atoms with E-state index < -0.39 is 5.60 Å². The number of fused-ring (bicyclic) bond motifs is 1. The molecule has 4 atom stereocenters. The Labute approximate surface area is 139 Å². The van der Waals surface area contributed by atoms with Crippen molar-refractivity contribution in [2.45, 2.75) is 71.8 Å². The lowest BCUT2D eigenvalue weighted by molar-refractivity contribution is -0.208. The SMILES string of the molecule is C[C@@H]1C(=O)C[C@H]2C(C)(C)CCC[C@]2(C)[C@]1(O)CCc1ccoc1. The van der Waals surface area contributed by atoms with Gasteiger partial charge in [-0.1, -0.05) is 34.1 Å². The Morgan fingerprint density at radius 2 is 2.04 bits per heavy atom. The maximum Gasteiger partial charge on any atom is 0.138 e. The summed E-state index contributed by atoms with van der Waals surface area (Å²) in [7, 11) is 0. The zero-order chi connectivity index (χ0) is 16.9. The fourth-order valence-electron chi connectivity index (χ4n) is 5.55. The quantitative estimate of drug-likeness (QED) is 0.899. The number of carbonyl (C=O) groups excluding carboxylic acids is 1. The normalized spacial score (nSPS) is 40.0. The molecule has 2 fully saturated rings. The van der Waals surface area contributed by atoms with E-state index in [4.69, 9.17) is 4.42 Å². The largest absolute Gasteiger partial charge is 0.472 e. The van der Waals surface area contributed by atoms with Gasteiger partial charge >= 0.3 is 0 Å². The van der Waals surface area contributed by atoms with Gasteiger partial charge in [-0.05, 0) is 48.6 Å². The summed E-state index contributed by atoms with van der Waals surface area (Å²) in [4.78, 5) is 12.7. The van der Waals surface area contributed by atoms with Crippen molar-refractivity contribution >= 4 is 5.78 Å². The Morgan fingerprint density at radius 1 is 1.30 bits per heavy atom. The van der Waals surface area contributed by atoms with Crippen LogP contribution in [0.2, 0.25) is 0 Å². The van der Waals surface area contributed by atoms with Crippen molar-refractivity contribution in [3.8, 4) is 0 Å². The number of furan rings is 1. The van der Waals surface area contributed by atoms with Gasteiger partial charge in [0.1, 0.15) is 5.78 Å². The van der Waals surface area contributed by atoms with E-state index in [0.29, 0.717) is 12.8 Å². The van der Waals surface area contributed by atoms with Crippen LogP contribution in [0.3, 0.4) is 0 Å². The lowest BCUT2D eigenvalue weighted by Gasteiger charge is -2.62. The minimum absolute atomic E-state index is 0.117. The van der Waals surface area contributed by atoms with Crippen molar-refractivity contribution in [2.24, 2.45) is 22.7 Å². The molecule has 3 nitrogen and oxygen atoms in total. The van der Waals surface area contributed by atoms with Gasteiger partial charge in [-0.25, -0.2) is 0 Å². The molecule has 3 heteroatoms. The van der Waals surface area contributed by atoms with Gasteiger partial charge in [0.05, 0.1) is 18.1 Å². The number of carbonyl (C=O) groups is 1. The molecule has 0 bridgehead atoms. The van der Waals surface area contributed by atoms with E-state index in [1.165, 1.54) is 0 Å². The fourth-order valence-corrected chi connectivity index (χ4v) is 5.55. The summed E-state index contributed by atoms with van der Waals surface area (Å²) in [5.74, 6) is 0.212. The van der Waals surface area contributed by atoms with Gasteiger partial charge in [0.25, 0.3) is 0 Å². The maximum absolute atomic E-state index is 12.7. The molecule has 2 aliphatic rings. The third-order valence-electron chi connectivity index (χ3n) is 7.20. The molecular weight excluding hydrogens is 288 g/mol. The lowest BCUT2D eigenvalue weighted by atomic mass is 9.44. The van der Waals surface area contributed by atoms with Crippen LogP contribution in [0.15, 0.2) is 23.0 Å². The molecule has 0 saturated heterocycles. The third-order valence-corrected chi connectivity index (χ3v) is 7.20. The number of aliphatic hydroxyl groups is 1. The van der Waals surface area contributed by atoms with Crippen LogP contribution in [-0.4, -0.2) is 16.5 Å². The van der Waals surface area contributed by atoms with Crippen LogP contribution < -0.4 is 0 Å². The highest BCUT2D eigenvalue weighted by atomic mass is 16.3. The summed E-state index contributed by atoms with van der Waals surface area (Å²) in [6, 6.07) is 1.95. The van der Waals surface area contributed by atoms with Crippen LogP contribution in [0.5, 0.6) is 0 Å². The first-order chi connectivity index (χ1) is 10.7. The average molecular weight is 318 g/mol. The van der Waals surface area contributed by atoms with Gasteiger partial charge < -0.3 is 9.52 Å². The van der Waals surface area contributed by atoms with Crippen molar-refractivity contribution < 1.29 is 14.3 Å². The predicted octanol–water partition coefficient (Wildman–Crippen LogP) is 4.38. The van der Waals surface area contributed by atoms with Crippen LogP contribution in [0.4, 0.5) is 0 Å². The molecule has 0 amide bonds. The van der Waals surface area contributed by atoms with E-state index in [0.717, 1.165) is 31.2 Å². The molecule has 3 rings (SSSR count). The molecule has 0 aliphatic heterocycles. The third kappa shape index (κ3) is 2.48. The highest BCUT2D eigenvalue weighted by molar-refractivity contribution is 5.83. The molecule has 128 valence electrons. The van der Waals surface area contributed by atoms with Crippen LogP contribution in [0.25, 0.3) is 0 Å². The van der Waals surface area contributed by atoms with Gasteiger partial charge in [-0.3, -0.25) is 4.79 Å². The predicted molar refractivity (Wildman–Crippen MR) is 90.0 cm³/mol. The highest BCUT2D eigenvalue weighted by Crippen LogP contribution is 2.62. The number of rotatable bonds is 3. The molecule has 2 saturated carbocycles. The van der Waals surface area contributed by atoms with Gasteiger partial charge in [-0.2, -0.15) is 0 Å². The Morgan fingerprint density at radius 3 is 2.70 bits per heavy atom. The molecule has 0 unspecified atom stereocenters. The van der Waals surface area contributed by atoms with Gasteiger partial charge in [-0.15, -0.1) is 0 Å². The zero-order valence-corrected chi connectivity index (χ0v) is 14.9. The minimum Gasteiger partial charge on any atom is -0.472 e. The summed E-state index contributed by atoms with van der Waals surface area (Å²) in [6.45, 7) is 8.71. The standard InChI is InChI=1S/C20H30O3/c1-14-16(21)12-17-18(2,3)8-5-9-19(17,4)20(14,22)10-6-15-7-11-23-13-15/h7,11,13-14,17,22H,5-6,8-10,12H2,1-4H3/t14-,17+,19+,20+/m1/s1. The number of ketones is 1. The Kier molecular flexibility index (Phi) is 3.99. The lowest BCUT2D eigenvalue weighted by Crippen LogP contribution is -2.64.